The first kappa shape index (κ1) is 20.7. The topological polar surface area (TPSA) is 113 Å². The van der Waals surface area contributed by atoms with E-state index in [0.29, 0.717) is 13.1 Å². The minimum absolute atomic E-state index is 0.0180. The van der Waals surface area contributed by atoms with Crippen LogP contribution in [0.3, 0.4) is 0 Å². The lowest BCUT2D eigenvalue weighted by Crippen LogP contribution is -2.62. The van der Waals surface area contributed by atoms with Crippen LogP contribution >= 0.6 is 0 Å². The van der Waals surface area contributed by atoms with Gasteiger partial charge in [-0.1, -0.05) is 12.1 Å². The van der Waals surface area contributed by atoms with Crippen LogP contribution < -0.4 is 10.5 Å². The highest BCUT2D eigenvalue weighted by molar-refractivity contribution is 7.89. The van der Waals surface area contributed by atoms with Gasteiger partial charge in [-0.15, -0.1) is 0 Å². The predicted octanol–water partition coefficient (Wildman–Crippen LogP) is -0.0978. The number of hydrogen-bond donors (Lipinski definition) is 2. The number of primary amides is 1. The molecule has 2 heterocycles. The van der Waals surface area contributed by atoms with Gasteiger partial charge in [0, 0.05) is 38.0 Å². The molecule has 8 nitrogen and oxygen atoms in total. The van der Waals surface area contributed by atoms with E-state index in [2.05, 4.69) is 9.62 Å². The Morgan fingerprint density at radius 3 is 2.43 bits per heavy atom. The molecule has 2 amide bonds. The summed E-state index contributed by atoms with van der Waals surface area (Å²) < 4.78 is 40.1. The van der Waals surface area contributed by atoms with Crippen LogP contribution in [0.4, 0.5) is 4.39 Å². The van der Waals surface area contributed by atoms with Crippen molar-refractivity contribution in [3.63, 3.8) is 0 Å². The van der Waals surface area contributed by atoms with Crippen molar-refractivity contribution in [3.8, 4) is 0 Å². The highest BCUT2D eigenvalue weighted by Gasteiger charge is 2.36. The Morgan fingerprint density at radius 1 is 1.18 bits per heavy atom. The molecule has 0 radical (unpaired) electrons. The first-order valence-electron chi connectivity index (χ1n) is 9.33. The number of nitrogens with two attached hydrogens (primary N) is 1. The molecule has 0 aliphatic carbocycles. The number of likely N-dealkylation sites (tertiary alicyclic amines) is 2. The Hall–Kier alpha value is -2.04. The molecule has 1 aromatic rings. The second-order valence-electron chi connectivity index (χ2n) is 7.24. The lowest BCUT2D eigenvalue weighted by molar-refractivity contribution is -0.139. The van der Waals surface area contributed by atoms with Crippen LogP contribution in [0.15, 0.2) is 29.2 Å². The van der Waals surface area contributed by atoms with Gasteiger partial charge in [0.15, 0.2) is 0 Å². The maximum Gasteiger partial charge on any atom is 0.243 e. The number of nitrogens with one attached hydrogen (secondary N) is 1. The number of rotatable bonds is 7. The van der Waals surface area contributed by atoms with Crippen molar-refractivity contribution in [2.45, 2.75) is 30.2 Å². The van der Waals surface area contributed by atoms with Crippen molar-refractivity contribution in [1.29, 1.82) is 0 Å². The third-order valence-corrected chi connectivity index (χ3v) is 6.91. The summed E-state index contributed by atoms with van der Waals surface area (Å²) in [5.74, 6) is -1.27. The van der Waals surface area contributed by atoms with Crippen molar-refractivity contribution < 1.29 is 22.4 Å². The van der Waals surface area contributed by atoms with E-state index in [1.165, 1.54) is 18.2 Å². The van der Waals surface area contributed by atoms with Crippen LogP contribution in [0.5, 0.6) is 0 Å². The average molecular weight is 412 g/mol. The maximum absolute atomic E-state index is 13.6. The Labute approximate surface area is 163 Å². The van der Waals surface area contributed by atoms with Crippen LogP contribution in [-0.4, -0.2) is 68.8 Å². The molecular formula is C18H25FN4O4S. The first-order valence-corrected chi connectivity index (χ1v) is 10.8. The second kappa shape index (κ2) is 8.54. The monoisotopic (exact) mass is 412 g/mol. The fourth-order valence-corrected chi connectivity index (χ4v) is 4.74. The van der Waals surface area contributed by atoms with Crippen molar-refractivity contribution in [3.05, 3.63) is 30.1 Å². The molecule has 1 aromatic carbocycles. The molecule has 3 rings (SSSR count). The fraction of sp³-hybridized carbons (Fsp3) is 0.556. The Morgan fingerprint density at radius 2 is 1.82 bits per heavy atom. The smallest absolute Gasteiger partial charge is 0.243 e. The summed E-state index contributed by atoms with van der Waals surface area (Å²) in [6.07, 6.45) is 1.51. The lowest BCUT2D eigenvalue weighted by atomic mass is 9.93. The molecule has 0 atom stereocenters. The molecule has 28 heavy (non-hydrogen) atoms. The number of benzene rings is 1. The third kappa shape index (κ3) is 4.68. The van der Waals surface area contributed by atoms with Gasteiger partial charge in [-0.25, -0.2) is 17.5 Å². The standard InChI is InChI=1S/C18H25FN4O4S/c19-15-3-1-2-4-16(15)28(26,27)21-8-5-17(24)23-11-14(12-23)22-9-6-13(7-10-22)18(20)25/h1-4,13-14,21H,5-12H2,(H2,20,25). The van der Waals surface area contributed by atoms with Crippen LogP contribution in [0, 0.1) is 11.7 Å². The van der Waals surface area contributed by atoms with Crippen LogP contribution in [-0.2, 0) is 19.6 Å². The zero-order valence-corrected chi connectivity index (χ0v) is 16.3. The van der Waals surface area contributed by atoms with E-state index in [-0.39, 0.29) is 36.7 Å². The van der Waals surface area contributed by atoms with Crippen LogP contribution in [0.25, 0.3) is 0 Å². The minimum atomic E-state index is -3.98. The van der Waals surface area contributed by atoms with Gasteiger partial charge >= 0.3 is 0 Å². The SMILES string of the molecule is NC(=O)C1CCN(C2CN(C(=O)CCNS(=O)(=O)c3ccccc3F)C2)CC1. The van der Waals surface area contributed by atoms with E-state index in [9.17, 15) is 22.4 Å². The molecule has 0 aromatic heterocycles. The van der Waals surface area contributed by atoms with Crippen molar-refractivity contribution in [1.82, 2.24) is 14.5 Å². The number of piperidine rings is 1. The second-order valence-corrected chi connectivity index (χ2v) is 8.98. The molecule has 2 aliphatic rings. The van der Waals surface area contributed by atoms with Crippen LogP contribution in [0.1, 0.15) is 19.3 Å². The molecule has 154 valence electrons. The number of nitrogens with zero attached hydrogens (tertiary/aromatic N) is 2. The molecular weight excluding hydrogens is 387 g/mol. The summed E-state index contributed by atoms with van der Waals surface area (Å²) in [5.41, 5.74) is 5.34. The van der Waals surface area contributed by atoms with E-state index in [1.54, 1.807) is 4.90 Å². The van der Waals surface area contributed by atoms with E-state index >= 15 is 0 Å². The van der Waals surface area contributed by atoms with Gasteiger partial charge in [0.25, 0.3) is 0 Å². The van der Waals surface area contributed by atoms with Crippen LogP contribution in [0.2, 0.25) is 0 Å². The molecule has 2 aliphatic heterocycles. The van der Waals surface area contributed by atoms with E-state index < -0.39 is 20.7 Å². The number of amides is 2. The van der Waals surface area contributed by atoms with E-state index in [1.807, 2.05) is 0 Å². The summed E-state index contributed by atoms with van der Waals surface area (Å²) in [6.45, 7) is 2.70. The summed E-state index contributed by atoms with van der Waals surface area (Å²) in [6, 6.07) is 5.38. The van der Waals surface area contributed by atoms with Crippen molar-refractivity contribution in [2.24, 2.45) is 11.7 Å². The normalized spacial score (nSPS) is 19.4. The lowest BCUT2D eigenvalue weighted by Gasteiger charge is -2.47. The molecule has 0 bridgehead atoms. The highest BCUT2D eigenvalue weighted by Crippen LogP contribution is 2.23. The van der Waals surface area contributed by atoms with Gasteiger partial charge in [-0.2, -0.15) is 0 Å². The Kier molecular flexibility index (Phi) is 6.31. The maximum atomic E-state index is 13.6. The third-order valence-electron chi connectivity index (χ3n) is 5.42. The number of halogens is 1. The molecule has 0 spiro atoms. The number of hydrogen-bond acceptors (Lipinski definition) is 5. The number of sulfonamides is 1. The summed E-state index contributed by atoms with van der Waals surface area (Å²) >= 11 is 0. The van der Waals surface area contributed by atoms with E-state index in [4.69, 9.17) is 5.73 Å². The quantitative estimate of drug-likeness (QED) is 0.650. The fourth-order valence-electron chi connectivity index (χ4n) is 3.63. The summed E-state index contributed by atoms with van der Waals surface area (Å²) in [7, 11) is -3.98. The largest absolute Gasteiger partial charge is 0.369 e. The molecule has 3 N–H and O–H groups in total. The molecule has 0 saturated carbocycles. The van der Waals surface area contributed by atoms with Gasteiger partial charge in [-0.05, 0) is 38.1 Å². The summed E-state index contributed by atoms with van der Waals surface area (Å²) in [5, 5.41) is 0. The van der Waals surface area contributed by atoms with Gasteiger partial charge in [0.1, 0.15) is 10.7 Å². The molecule has 10 heteroatoms. The van der Waals surface area contributed by atoms with Gasteiger partial charge < -0.3 is 10.6 Å². The van der Waals surface area contributed by atoms with Crippen molar-refractivity contribution in [2.75, 3.05) is 32.7 Å². The zero-order chi connectivity index (χ0) is 20.3. The highest BCUT2D eigenvalue weighted by atomic mass is 32.2. The number of carbonyl (C=O) groups excluding carboxylic acids is 2. The average Bonchev–Trinajstić information content (AvgIpc) is 2.61. The first-order chi connectivity index (χ1) is 13.3. The van der Waals surface area contributed by atoms with Gasteiger partial charge in [-0.3, -0.25) is 14.5 Å². The molecule has 2 saturated heterocycles. The Balaban J connectivity index is 1.39. The molecule has 2 fully saturated rings. The zero-order valence-electron chi connectivity index (χ0n) is 15.5. The number of carbonyl (C=O) groups is 2. The predicted molar refractivity (Wildman–Crippen MR) is 100 cm³/mol. The van der Waals surface area contributed by atoms with Crippen molar-refractivity contribution >= 4 is 21.8 Å². The molecule has 0 unspecified atom stereocenters. The van der Waals surface area contributed by atoms with E-state index in [0.717, 1.165) is 32.0 Å². The minimum Gasteiger partial charge on any atom is -0.369 e. The van der Waals surface area contributed by atoms with Gasteiger partial charge in [0.2, 0.25) is 21.8 Å². The summed E-state index contributed by atoms with van der Waals surface area (Å²) in [4.78, 5) is 27.0. The van der Waals surface area contributed by atoms with Gasteiger partial charge in [0.05, 0.1) is 0 Å². The Bertz CT molecular complexity index is 834.